The molecular weight excluding hydrogens is 494 g/mol. The number of nitrogens with one attached hydrogen (secondary N) is 3. The fraction of sp³-hybridized carbons (Fsp3) is 0.207. The van der Waals surface area contributed by atoms with Crippen LogP contribution in [0.3, 0.4) is 0 Å². The van der Waals surface area contributed by atoms with E-state index >= 15 is 0 Å². The van der Waals surface area contributed by atoms with Crippen LogP contribution in [0, 0.1) is 12.3 Å². The maximum atomic E-state index is 12.4. The van der Waals surface area contributed by atoms with Gasteiger partial charge in [0.15, 0.2) is 5.65 Å². The predicted octanol–water partition coefficient (Wildman–Crippen LogP) is 6.97. The highest BCUT2D eigenvalue weighted by Gasteiger charge is 2.18. The van der Waals surface area contributed by atoms with Gasteiger partial charge >= 0.3 is 0 Å². The topological polar surface area (TPSA) is 112 Å². The summed E-state index contributed by atoms with van der Waals surface area (Å²) in [5, 5.41) is 12.5. The predicted molar refractivity (Wildman–Crippen MR) is 153 cm³/mol. The van der Waals surface area contributed by atoms with E-state index in [1.807, 2.05) is 45.2 Å². The Bertz CT molecular complexity index is 1800. The second kappa shape index (κ2) is 9.18. The number of thiophene rings is 1. The first kappa shape index (κ1) is 24.0. The van der Waals surface area contributed by atoms with Crippen LogP contribution in [0.15, 0.2) is 61.2 Å². The summed E-state index contributed by atoms with van der Waals surface area (Å²) >= 11 is 1.73. The molecule has 0 bridgehead atoms. The molecule has 9 heteroatoms. The highest BCUT2D eigenvalue weighted by atomic mass is 32.1. The monoisotopic (exact) mass is 521 g/mol. The number of aryl methyl sites for hydroxylation is 1. The number of amides is 1. The standard InChI is InChI=1S/C29H27N7OS/c1-16-5-6-24(38-16)27-20-11-23(34-22(20)7-8-31-27)26-21-10-18(14-32-28(21)36-35-26)17-9-19(15-30-13-17)33-25(37)12-29(2,3)4/h5-11,13-15,34H,12H2,1-4H3,(H,33,37)(H,32,35,36). The third-order valence-electron chi connectivity index (χ3n) is 6.25. The van der Waals surface area contributed by atoms with Crippen LogP contribution < -0.4 is 5.32 Å². The van der Waals surface area contributed by atoms with E-state index in [2.05, 4.69) is 60.6 Å². The highest BCUT2D eigenvalue weighted by molar-refractivity contribution is 7.15. The molecule has 190 valence electrons. The van der Waals surface area contributed by atoms with Gasteiger partial charge in [-0.1, -0.05) is 20.8 Å². The quantitative estimate of drug-likeness (QED) is 0.227. The lowest BCUT2D eigenvalue weighted by molar-refractivity contribution is -0.117. The van der Waals surface area contributed by atoms with E-state index in [4.69, 9.17) is 0 Å². The van der Waals surface area contributed by atoms with E-state index in [1.165, 1.54) is 4.88 Å². The van der Waals surface area contributed by atoms with Gasteiger partial charge in [-0.15, -0.1) is 11.3 Å². The number of aromatic amines is 2. The van der Waals surface area contributed by atoms with Gasteiger partial charge in [-0.05, 0) is 48.7 Å². The molecule has 38 heavy (non-hydrogen) atoms. The Morgan fingerprint density at radius 3 is 2.63 bits per heavy atom. The molecule has 0 aliphatic heterocycles. The van der Waals surface area contributed by atoms with Gasteiger partial charge in [-0.3, -0.25) is 19.9 Å². The maximum Gasteiger partial charge on any atom is 0.224 e. The lowest BCUT2D eigenvalue weighted by Gasteiger charge is -2.17. The summed E-state index contributed by atoms with van der Waals surface area (Å²) < 4.78 is 0. The molecule has 6 aromatic heterocycles. The van der Waals surface area contributed by atoms with Gasteiger partial charge in [-0.2, -0.15) is 5.10 Å². The second-order valence-electron chi connectivity index (χ2n) is 10.7. The highest BCUT2D eigenvalue weighted by Crippen LogP contribution is 2.36. The Hall–Kier alpha value is -4.37. The number of carbonyl (C=O) groups excluding carboxylic acids is 1. The zero-order chi connectivity index (χ0) is 26.4. The van der Waals surface area contributed by atoms with Crippen molar-refractivity contribution in [1.29, 1.82) is 0 Å². The molecule has 1 amide bonds. The molecule has 6 aromatic rings. The van der Waals surface area contributed by atoms with Gasteiger partial charge in [0, 0.05) is 57.3 Å². The number of carbonyl (C=O) groups is 1. The molecule has 0 aliphatic rings. The van der Waals surface area contributed by atoms with E-state index in [-0.39, 0.29) is 11.3 Å². The van der Waals surface area contributed by atoms with Crippen LogP contribution >= 0.6 is 11.3 Å². The van der Waals surface area contributed by atoms with Gasteiger partial charge in [-0.25, -0.2) is 4.98 Å². The van der Waals surface area contributed by atoms with E-state index in [1.54, 1.807) is 29.9 Å². The van der Waals surface area contributed by atoms with Gasteiger partial charge in [0.1, 0.15) is 0 Å². The number of H-pyrrole nitrogens is 2. The summed E-state index contributed by atoms with van der Waals surface area (Å²) in [6, 6.07) is 12.3. The summed E-state index contributed by atoms with van der Waals surface area (Å²) in [6.45, 7) is 8.22. The van der Waals surface area contributed by atoms with Crippen molar-refractivity contribution in [3.8, 4) is 33.1 Å². The van der Waals surface area contributed by atoms with Gasteiger partial charge in [0.2, 0.25) is 5.91 Å². The lowest BCUT2D eigenvalue weighted by atomic mass is 9.92. The average molecular weight is 522 g/mol. The Morgan fingerprint density at radius 1 is 1.00 bits per heavy atom. The minimum atomic E-state index is -0.0933. The number of rotatable bonds is 5. The number of nitrogens with zero attached hydrogens (tertiary/aromatic N) is 4. The van der Waals surface area contributed by atoms with Crippen molar-refractivity contribution in [2.24, 2.45) is 5.41 Å². The fourth-order valence-electron chi connectivity index (χ4n) is 4.56. The van der Waals surface area contributed by atoms with Crippen molar-refractivity contribution in [1.82, 2.24) is 30.1 Å². The van der Waals surface area contributed by atoms with Crippen molar-refractivity contribution >= 4 is 44.9 Å². The first-order chi connectivity index (χ1) is 18.2. The normalized spacial score (nSPS) is 11.9. The molecular formula is C29H27N7OS. The zero-order valence-electron chi connectivity index (χ0n) is 21.6. The number of fused-ring (bicyclic) bond motifs is 2. The first-order valence-corrected chi connectivity index (χ1v) is 13.2. The van der Waals surface area contributed by atoms with Gasteiger partial charge in [0.25, 0.3) is 0 Å². The van der Waals surface area contributed by atoms with E-state index < -0.39 is 0 Å². The zero-order valence-corrected chi connectivity index (χ0v) is 22.4. The van der Waals surface area contributed by atoms with Crippen molar-refractivity contribution in [2.45, 2.75) is 34.1 Å². The Kier molecular flexibility index (Phi) is 5.80. The number of pyridine rings is 3. The maximum absolute atomic E-state index is 12.4. The molecule has 0 fully saturated rings. The van der Waals surface area contributed by atoms with Crippen LogP contribution in [-0.4, -0.2) is 36.0 Å². The van der Waals surface area contributed by atoms with Crippen LogP contribution in [0.5, 0.6) is 0 Å². The second-order valence-corrected chi connectivity index (χ2v) is 11.9. The smallest absolute Gasteiger partial charge is 0.224 e. The summed E-state index contributed by atoms with van der Waals surface area (Å²) in [5.74, 6) is -0.0347. The minimum absolute atomic E-state index is 0.0347. The van der Waals surface area contributed by atoms with Crippen LogP contribution in [0.25, 0.3) is 55.0 Å². The summed E-state index contributed by atoms with van der Waals surface area (Å²) in [6.07, 6.45) is 7.46. The summed E-state index contributed by atoms with van der Waals surface area (Å²) in [5.41, 5.74) is 6.65. The van der Waals surface area contributed by atoms with Gasteiger partial charge in [0.05, 0.1) is 33.8 Å². The van der Waals surface area contributed by atoms with Crippen molar-refractivity contribution in [2.75, 3.05) is 5.32 Å². The Balaban J connectivity index is 1.36. The summed E-state index contributed by atoms with van der Waals surface area (Å²) in [4.78, 5) is 31.9. The number of aromatic nitrogens is 6. The van der Waals surface area contributed by atoms with Crippen molar-refractivity contribution < 1.29 is 4.79 Å². The van der Waals surface area contributed by atoms with Crippen molar-refractivity contribution in [3.63, 3.8) is 0 Å². The molecule has 0 aromatic carbocycles. The third kappa shape index (κ3) is 4.68. The molecule has 0 spiro atoms. The Labute approximate surface area is 223 Å². The molecule has 8 nitrogen and oxygen atoms in total. The largest absolute Gasteiger partial charge is 0.353 e. The fourth-order valence-corrected chi connectivity index (χ4v) is 5.44. The lowest BCUT2D eigenvalue weighted by Crippen LogP contribution is -2.19. The van der Waals surface area contributed by atoms with Crippen LogP contribution in [0.4, 0.5) is 5.69 Å². The molecule has 6 rings (SSSR count). The van der Waals surface area contributed by atoms with Gasteiger partial charge < -0.3 is 10.3 Å². The molecule has 0 unspecified atom stereocenters. The number of hydrogen-bond acceptors (Lipinski definition) is 6. The molecule has 3 N–H and O–H groups in total. The third-order valence-corrected chi connectivity index (χ3v) is 7.25. The number of hydrogen-bond donors (Lipinski definition) is 3. The first-order valence-electron chi connectivity index (χ1n) is 12.4. The van der Waals surface area contributed by atoms with E-state index in [0.29, 0.717) is 17.8 Å². The van der Waals surface area contributed by atoms with Crippen LogP contribution in [0.1, 0.15) is 32.1 Å². The van der Waals surface area contributed by atoms with Crippen LogP contribution in [0.2, 0.25) is 0 Å². The van der Waals surface area contributed by atoms with Crippen LogP contribution in [-0.2, 0) is 4.79 Å². The average Bonchev–Trinajstić information content (AvgIpc) is 3.60. The summed E-state index contributed by atoms with van der Waals surface area (Å²) in [7, 11) is 0. The molecule has 0 saturated heterocycles. The van der Waals surface area contributed by atoms with E-state index in [0.717, 1.165) is 49.4 Å². The molecule has 0 saturated carbocycles. The molecule has 0 atom stereocenters. The minimum Gasteiger partial charge on any atom is -0.353 e. The van der Waals surface area contributed by atoms with Crippen molar-refractivity contribution in [3.05, 3.63) is 66.1 Å². The molecule has 0 radical (unpaired) electrons. The number of anilines is 1. The molecule has 0 aliphatic carbocycles. The Morgan fingerprint density at radius 2 is 1.84 bits per heavy atom. The molecule has 6 heterocycles. The SMILES string of the molecule is Cc1ccc(-c2nccc3[nH]c(-c4[nH]nc5ncc(-c6cncc(NC(=O)CC(C)(C)C)c6)cc45)cc23)s1. The van der Waals surface area contributed by atoms with E-state index in [9.17, 15) is 4.79 Å².